The molecule has 2 aliphatic heterocycles. The number of likely N-dealkylation sites (tertiary alicyclic amines) is 1. The van der Waals surface area contributed by atoms with E-state index in [0.29, 0.717) is 17.9 Å². The minimum atomic E-state index is -1.07. The van der Waals surface area contributed by atoms with Crippen LogP contribution in [0.5, 0.6) is 5.75 Å². The number of hydrogen-bond acceptors (Lipinski definition) is 8. The van der Waals surface area contributed by atoms with Gasteiger partial charge in [-0.15, -0.1) is 11.8 Å². The van der Waals surface area contributed by atoms with Gasteiger partial charge in [-0.25, -0.2) is 4.39 Å². The number of carbonyl (C=O) groups is 4. The van der Waals surface area contributed by atoms with Crippen LogP contribution in [0.1, 0.15) is 29.2 Å². The topological polar surface area (TPSA) is 146 Å². The van der Waals surface area contributed by atoms with Gasteiger partial charge in [-0.1, -0.05) is 29.5 Å². The van der Waals surface area contributed by atoms with Gasteiger partial charge in [0.2, 0.25) is 11.8 Å². The van der Waals surface area contributed by atoms with E-state index in [4.69, 9.17) is 9.84 Å². The maximum absolute atomic E-state index is 13.5. The first-order valence-corrected chi connectivity index (χ1v) is 15.6. The van der Waals surface area contributed by atoms with Crippen molar-refractivity contribution < 1.29 is 33.4 Å². The number of H-pyrrole nitrogens is 1. The lowest BCUT2D eigenvalue weighted by Gasteiger charge is -2.43. The number of carboxylic acids is 1. The Balaban J connectivity index is 1.19. The average Bonchev–Trinajstić information content (AvgIpc) is 3.71. The summed E-state index contributed by atoms with van der Waals surface area (Å²) in [5.41, 5.74) is 1.22. The first-order chi connectivity index (χ1) is 20.7. The van der Waals surface area contributed by atoms with Crippen LogP contribution in [-0.4, -0.2) is 57.1 Å². The number of imide groups is 1. The molecule has 222 valence electrons. The molecule has 7 atom stereocenters. The van der Waals surface area contributed by atoms with Crippen LogP contribution in [0, 0.1) is 35.4 Å². The standard InChI is InChI=1S/C30H26FN3O7S2/c31-13-5-7-14(8-6-13)32-19(35)12-41-18-4-2-1-3-15(18)21-22-16-11-17(25(22)42-27-26(21)43-30(40)33-27)24-23(16)28(38)34(29(24)39)10-9-20(36)37/h1-8,16-17,21-25H,9-12H2,(H,32,35)(H,33,40)(H,36,37)/t16?,17?,21-,22?,23?,24?,25?/m1/s1. The molecule has 2 aromatic carbocycles. The van der Waals surface area contributed by atoms with Crippen molar-refractivity contribution in [2.45, 2.75) is 29.0 Å². The van der Waals surface area contributed by atoms with Gasteiger partial charge in [0.25, 0.3) is 5.91 Å². The zero-order chi connectivity index (χ0) is 30.0. The average molecular weight is 624 g/mol. The summed E-state index contributed by atoms with van der Waals surface area (Å²) < 4.78 is 19.3. The number of halogens is 1. The number of aliphatic carboxylic acids is 1. The SMILES string of the molecule is O=C(O)CCN1C(=O)C2C3CC(C2C1=O)C1C3Sc2[nH]c(=O)sc2[C@@H]1c1ccccc1OCC(=O)Nc1ccc(F)cc1. The van der Waals surface area contributed by atoms with E-state index in [1.165, 1.54) is 24.3 Å². The molecular weight excluding hydrogens is 597 g/mol. The molecule has 1 aromatic heterocycles. The van der Waals surface area contributed by atoms with Gasteiger partial charge in [0.1, 0.15) is 11.6 Å². The molecule has 4 aliphatic rings. The lowest BCUT2D eigenvalue weighted by Crippen LogP contribution is -2.42. The minimum absolute atomic E-state index is 0.0417. The van der Waals surface area contributed by atoms with Crippen molar-refractivity contribution in [3.8, 4) is 5.75 Å². The molecule has 2 bridgehead atoms. The number of amides is 3. The van der Waals surface area contributed by atoms with Gasteiger partial charge in [0, 0.05) is 33.8 Å². The number of aromatic nitrogens is 1. The smallest absolute Gasteiger partial charge is 0.305 e. The molecule has 6 unspecified atom stereocenters. The van der Waals surface area contributed by atoms with Crippen LogP contribution in [0.25, 0.3) is 0 Å². The lowest BCUT2D eigenvalue weighted by molar-refractivity contribution is -0.142. The van der Waals surface area contributed by atoms with Crippen molar-refractivity contribution in [1.82, 2.24) is 9.88 Å². The van der Waals surface area contributed by atoms with E-state index in [1.807, 2.05) is 12.1 Å². The Kier molecular flexibility index (Phi) is 6.88. The normalized spacial score (nSPS) is 28.4. The molecule has 1 saturated heterocycles. The molecule has 0 spiro atoms. The Hall–Kier alpha value is -3.97. The van der Waals surface area contributed by atoms with Crippen molar-refractivity contribution >= 4 is 52.5 Å². The summed E-state index contributed by atoms with van der Waals surface area (Å²) in [6, 6.07) is 12.7. The Labute approximate surface area is 252 Å². The third-order valence-electron chi connectivity index (χ3n) is 9.11. The fourth-order valence-electron chi connectivity index (χ4n) is 7.60. The number of ether oxygens (including phenoxy) is 1. The molecule has 2 saturated carbocycles. The van der Waals surface area contributed by atoms with Crippen molar-refractivity contribution in [1.29, 1.82) is 0 Å². The summed E-state index contributed by atoms with van der Waals surface area (Å²) in [5.74, 6) is -3.67. The highest BCUT2D eigenvalue weighted by molar-refractivity contribution is 8.00. The van der Waals surface area contributed by atoms with Crippen molar-refractivity contribution in [3.05, 3.63) is 74.5 Å². The lowest BCUT2D eigenvalue weighted by atomic mass is 9.68. The number of carbonyl (C=O) groups excluding carboxylic acids is 3. The molecule has 3 fully saturated rings. The van der Waals surface area contributed by atoms with Crippen LogP contribution in [-0.2, 0) is 19.2 Å². The van der Waals surface area contributed by atoms with Gasteiger partial charge in [-0.3, -0.25) is 28.9 Å². The Morgan fingerprint density at radius 1 is 1.05 bits per heavy atom. The van der Waals surface area contributed by atoms with Gasteiger partial charge in [-0.2, -0.15) is 0 Å². The second kappa shape index (κ2) is 10.6. The van der Waals surface area contributed by atoms with Crippen LogP contribution >= 0.6 is 23.1 Å². The van der Waals surface area contributed by atoms with E-state index >= 15 is 0 Å². The molecule has 43 heavy (non-hydrogen) atoms. The molecule has 2 aliphatic carbocycles. The van der Waals surface area contributed by atoms with Gasteiger partial charge in [-0.05, 0) is 54.5 Å². The number of hydrogen-bond donors (Lipinski definition) is 3. The molecule has 13 heteroatoms. The summed E-state index contributed by atoms with van der Waals surface area (Å²) in [4.78, 5) is 68.1. The molecule has 3 N–H and O–H groups in total. The first-order valence-electron chi connectivity index (χ1n) is 13.9. The molecule has 10 nitrogen and oxygen atoms in total. The van der Waals surface area contributed by atoms with Gasteiger partial charge >= 0.3 is 10.8 Å². The number of anilines is 1. The van der Waals surface area contributed by atoms with Crippen LogP contribution < -0.4 is 14.9 Å². The maximum Gasteiger partial charge on any atom is 0.305 e. The number of nitrogens with one attached hydrogen (secondary N) is 2. The summed E-state index contributed by atoms with van der Waals surface area (Å²) in [6.45, 7) is -0.439. The molecule has 3 heterocycles. The van der Waals surface area contributed by atoms with Crippen LogP contribution in [0.2, 0.25) is 0 Å². The van der Waals surface area contributed by atoms with Crippen molar-refractivity contribution in [2.75, 3.05) is 18.5 Å². The quantitative estimate of drug-likeness (QED) is 0.323. The van der Waals surface area contributed by atoms with E-state index in [1.54, 1.807) is 23.9 Å². The number of benzene rings is 2. The van der Waals surface area contributed by atoms with Crippen LogP contribution in [0.15, 0.2) is 58.4 Å². The maximum atomic E-state index is 13.5. The molecular formula is C30H26FN3O7S2. The Bertz CT molecular complexity index is 1710. The largest absolute Gasteiger partial charge is 0.483 e. The summed E-state index contributed by atoms with van der Waals surface area (Å²) >= 11 is 2.67. The Morgan fingerprint density at radius 2 is 1.77 bits per heavy atom. The van der Waals surface area contributed by atoms with Gasteiger partial charge in [0.15, 0.2) is 6.61 Å². The zero-order valence-electron chi connectivity index (χ0n) is 22.5. The number of para-hydroxylation sites is 1. The number of thioether (sulfide) groups is 1. The number of nitrogens with zero attached hydrogens (tertiary/aromatic N) is 1. The highest BCUT2D eigenvalue weighted by Gasteiger charge is 2.69. The molecule has 0 radical (unpaired) electrons. The van der Waals surface area contributed by atoms with E-state index in [9.17, 15) is 28.4 Å². The van der Waals surface area contributed by atoms with Gasteiger partial charge < -0.3 is 20.1 Å². The molecule has 7 rings (SSSR count). The van der Waals surface area contributed by atoms with Crippen molar-refractivity contribution in [2.24, 2.45) is 29.6 Å². The number of carboxylic acid groups (broad SMARTS) is 1. The number of fused-ring (bicyclic) bond motifs is 9. The predicted octanol–water partition coefficient (Wildman–Crippen LogP) is 3.54. The number of rotatable bonds is 8. The highest BCUT2D eigenvalue weighted by Crippen LogP contribution is 2.69. The molecule has 3 amide bonds. The van der Waals surface area contributed by atoms with Crippen LogP contribution in [0.4, 0.5) is 10.1 Å². The van der Waals surface area contributed by atoms with E-state index in [2.05, 4.69) is 10.3 Å². The minimum Gasteiger partial charge on any atom is -0.483 e. The van der Waals surface area contributed by atoms with E-state index in [-0.39, 0.29) is 65.2 Å². The van der Waals surface area contributed by atoms with E-state index < -0.39 is 29.5 Å². The third-order valence-corrected chi connectivity index (χ3v) is 11.7. The highest BCUT2D eigenvalue weighted by atomic mass is 32.2. The second-order valence-electron chi connectivity index (χ2n) is 11.3. The fraction of sp³-hybridized carbons (Fsp3) is 0.367. The first kappa shape index (κ1) is 27.8. The zero-order valence-corrected chi connectivity index (χ0v) is 24.2. The molecule has 3 aromatic rings. The number of aromatic amines is 1. The monoisotopic (exact) mass is 623 g/mol. The second-order valence-corrected chi connectivity index (χ2v) is 13.5. The summed E-state index contributed by atoms with van der Waals surface area (Å²) in [6.07, 6.45) is 0.398. The third kappa shape index (κ3) is 4.65. The summed E-state index contributed by atoms with van der Waals surface area (Å²) in [7, 11) is 0. The predicted molar refractivity (Wildman–Crippen MR) is 154 cm³/mol. The summed E-state index contributed by atoms with van der Waals surface area (Å²) in [5, 5.41) is 12.5. The van der Waals surface area contributed by atoms with Crippen LogP contribution in [0.3, 0.4) is 0 Å². The number of thiazole rings is 1. The van der Waals surface area contributed by atoms with Gasteiger partial charge in [0.05, 0.1) is 23.3 Å². The van der Waals surface area contributed by atoms with E-state index in [0.717, 1.165) is 31.7 Å². The fourth-order valence-corrected chi connectivity index (χ4v) is 10.5. The van der Waals surface area contributed by atoms with Crippen molar-refractivity contribution in [3.63, 3.8) is 0 Å². The Morgan fingerprint density at radius 3 is 2.51 bits per heavy atom.